The van der Waals surface area contributed by atoms with E-state index in [-0.39, 0.29) is 19.0 Å². The van der Waals surface area contributed by atoms with Crippen LogP contribution in [0.25, 0.3) is 0 Å². The average Bonchev–Trinajstić information content (AvgIpc) is 3.20. The predicted octanol–water partition coefficient (Wildman–Crippen LogP) is 3.38. The Morgan fingerprint density at radius 2 is 1.97 bits per heavy atom. The number of halogens is 2. The highest BCUT2D eigenvalue weighted by atomic mass is 35.5. The monoisotopic (exact) mass is 437 g/mol. The van der Waals surface area contributed by atoms with E-state index >= 15 is 0 Å². The Bertz CT molecular complexity index is 1080. The number of rotatable bonds is 7. The summed E-state index contributed by atoms with van der Waals surface area (Å²) in [4.78, 5) is 23.2. The summed E-state index contributed by atoms with van der Waals surface area (Å²) in [7, 11) is 0. The lowest BCUT2D eigenvalue weighted by Crippen LogP contribution is -2.16. The van der Waals surface area contributed by atoms with Gasteiger partial charge in [0.15, 0.2) is 12.4 Å². The smallest absolute Gasteiger partial charge is 0.325 e. The van der Waals surface area contributed by atoms with Gasteiger partial charge in [0.05, 0.1) is 22.1 Å². The van der Waals surface area contributed by atoms with Crippen molar-refractivity contribution in [1.82, 2.24) is 19.6 Å². The maximum atomic E-state index is 12.5. The zero-order valence-electron chi connectivity index (χ0n) is 15.5. The summed E-state index contributed by atoms with van der Waals surface area (Å²) in [6.07, 6.45) is 1.43. The number of aryl methyl sites for hydroxylation is 1. The molecule has 0 aliphatic rings. The largest absolute Gasteiger partial charge is 0.480 e. The first kappa shape index (κ1) is 20.7. The molecule has 2 N–H and O–H groups in total. The number of carboxylic acids is 1. The molecule has 3 rings (SSSR count). The number of nitrogens with zero attached hydrogens (tertiary/aromatic N) is 4. The molecule has 9 nitrogen and oxygen atoms in total. The minimum Gasteiger partial charge on any atom is -0.480 e. The number of carboxylic acid groups (broad SMARTS) is 1. The molecule has 29 heavy (non-hydrogen) atoms. The molecule has 0 spiro atoms. The normalized spacial score (nSPS) is 10.8. The molecule has 0 radical (unpaired) electrons. The predicted molar refractivity (Wildman–Crippen MR) is 107 cm³/mol. The van der Waals surface area contributed by atoms with Crippen LogP contribution in [0.5, 0.6) is 5.75 Å². The van der Waals surface area contributed by atoms with Gasteiger partial charge in [-0.05, 0) is 38.1 Å². The van der Waals surface area contributed by atoms with Crippen LogP contribution in [0.4, 0.5) is 5.69 Å². The fraction of sp³-hybridized carbons (Fsp3) is 0.222. The summed E-state index contributed by atoms with van der Waals surface area (Å²) in [5.74, 6) is -1.06. The fourth-order valence-electron chi connectivity index (χ4n) is 2.61. The lowest BCUT2D eigenvalue weighted by molar-refractivity contribution is -0.137. The number of nitrogens with one attached hydrogen (secondary N) is 1. The number of hydrogen-bond donors (Lipinski definition) is 2. The molecule has 0 saturated carbocycles. The second kappa shape index (κ2) is 8.54. The van der Waals surface area contributed by atoms with Gasteiger partial charge in [-0.3, -0.25) is 14.3 Å². The van der Waals surface area contributed by atoms with Crippen molar-refractivity contribution in [3.63, 3.8) is 0 Å². The number of carbonyl (C=O) groups is 2. The van der Waals surface area contributed by atoms with Crippen LogP contribution in [0.3, 0.4) is 0 Å². The van der Waals surface area contributed by atoms with Gasteiger partial charge in [0.25, 0.3) is 5.91 Å². The van der Waals surface area contributed by atoms with E-state index in [1.165, 1.54) is 16.9 Å². The van der Waals surface area contributed by atoms with Gasteiger partial charge < -0.3 is 15.2 Å². The van der Waals surface area contributed by atoms with Gasteiger partial charge in [0.2, 0.25) is 0 Å². The molecule has 1 amide bonds. The maximum absolute atomic E-state index is 12.5. The van der Waals surface area contributed by atoms with Gasteiger partial charge in [-0.1, -0.05) is 23.2 Å². The number of aromatic nitrogens is 4. The maximum Gasteiger partial charge on any atom is 0.325 e. The third kappa shape index (κ3) is 4.87. The van der Waals surface area contributed by atoms with Crippen molar-refractivity contribution < 1.29 is 19.4 Å². The van der Waals surface area contributed by atoms with E-state index in [0.29, 0.717) is 32.9 Å². The summed E-state index contributed by atoms with van der Waals surface area (Å²) in [5, 5.41) is 20.7. The van der Waals surface area contributed by atoms with Crippen LogP contribution in [0.15, 0.2) is 30.5 Å². The molecule has 3 aromatic rings. The first-order valence-electron chi connectivity index (χ1n) is 8.43. The van der Waals surface area contributed by atoms with Crippen LogP contribution >= 0.6 is 23.2 Å². The third-order valence-corrected chi connectivity index (χ3v) is 4.56. The Kier molecular flexibility index (Phi) is 6.09. The van der Waals surface area contributed by atoms with Gasteiger partial charge in [0, 0.05) is 11.2 Å². The first-order chi connectivity index (χ1) is 13.7. The van der Waals surface area contributed by atoms with E-state index in [0.717, 1.165) is 0 Å². The van der Waals surface area contributed by atoms with Crippen LogP contribution in [0.1, 0.15) is 21.9 Å². The number of carbonyl (C=O) groups excluding carboxylic acids is 1. The summed E-state index contributed by atoms with van der Waals surface area (Å²) < 4.78 is 8.44. The number of benzene rings is 1. The van der Waals surface area contributed by atoms with Crippen LogP contribution in [-0.2, 0) is 18.1 Å². The van der Waals surface area contributed by atoms with Gasteiger partial charge >= 0.3 is 5.97 Å². The van der Waals surface area contributed by atoms with Gasteiger partial charge in [-0.25, -0.2) is 4.68 Å². The minimum absolute atomic E-state index is 0.0805. The summed E-state index contributed by atoms with van der Waals surface area (Å²) >= 11 is 12.0. The molecular weight excluding hydrogens is 421 g/mol. The molecule has 0 unspecified atom stereocenters. The number of ether oxygens (including phenoxy) is 1. The zero-order chi connectivity index (χ0) is 21.1. The van der Waals surface area contributed by atoms with Crippen molar-refractivity contribution in [1.29, 1.82) is 0 Å². The van der Waals surface area contributed by atoms with Gasteiger partial charge in [-0.15, -0.1) is 0 Å². The van der Waals surface area contributed by atoms with Crippen molar-refractivity contribution in [3.8, 4) is 5.75 Å². The molecule has 0 saturated heterocycles. The van der Waals surface area contributed by atoms with E-state index in [1.807, 2.05) is 0 Å². The number of aliphatic carboxylic acids is 1. The highest BCUT2D eigenvalue weighted by Gasteiger charge is 2.17. The highest BCUT2D eigenvalue weighted by Crippen LogP contribution is 2.28. The first-order valence-corrected chi connectivity index (χ1v) is 9.18. The van der Waals surface area contributed by atoms with E-state index in [9.17, 15) is 9.59 Å². The molecule has 0 aliphatic carbocycles. The quantitative estimate of drug-likeness (QED) is 0.585. The lowest BCUT2D eigenvalue weighted by Gasteiger charge is -2.10. The molecule has 2 aromatic heterocycles. The SMILES string of the molecule is Cc1nn(COc2ccc(Cl)cc2Cl)c(C)c1NC(=O)c1ccn(CC(=O)O)n1. The zero-order valence-corrected chi connectivity index (χ0v) is 17.0. The Balaban J connectivity index is 1.71. The van der Waals surface area contributed by atoms with Crippen LogP contribution in [0, 0.1) is 13.8 Å². The summed E-state index contributed by atoms with van der Waals surface area (Å²) in [5.41, 5.74) is 1.88. The second-order valence-corrected chi connectivity index (χ2v) is 6.98. The number of hydrogen-bond acceptors (Lipinski definition) is 5. The van der Waals surface area contributed by atoms with Crippen molar-refractivity contribution in [2.45, 2.75) is 27.1 Å². The molecule has 0 atom stereocenters. The standard InChI is InChI=1S/C18H17Cl2N5O4/c1-10-17(21-18(28)14-5-6-24(23-14)8-16(26)27)11(2)25(22-10)9-29-15-4-3-12(19)7-13(15)20/h3-7H,8-9H2,1-2H3,(H,21,28)(H,26,27). The molecule has 11 heteroatoms. The van der Waals surface area contributed by atoms with Crippen LogP contribution < -0.4 is 10.1 Å². The van der Waals surface area contributed by atoms with E-state index in [4.69, 9.17) is 33.0 Å². The Labute approximate surface area is 175 Å². The van der Waals surface area contributed by atoms with E-state index in [1.54, 1.807) is 36.7 Å². The molecule has 152 valence electrons. The minimum atomic E-state index is -1.05. The highest BCUT2D eigenvalue weighted by molar-refractivity contribution is 6.35. The van der Waals surface area contributed by atoms with E-state index < -0.39 is 11.9 Å². The number of anilines is 1. The lowest BCUT2D eigenvalue weighted by atomic mass is 10.3. The van der Waals surface area contributed by atoms with Crippen LogP contribution in [0.2, 0.25) is 10.0 Å². The Hall–Kier alpha value is -3.04. The van der Waals surface area contributed by atoms with Crippen LogP contribution in [-0.4, -0.2) is 36.5 Å². The Morgan fingerprint density at radius 1 is 1.21 bits per heavy atom. The molecule has 2 heterocycles. The molecule has 0 fully saturated rings. The fourth-order valence-corrected chi connectivity index (χ4v) is 3.08. The van der Waals surface area contributed by atoms with Crippen molar-refractivity contribution >= 4 is 40.8 Å². The molecular formula is C18H17Cl2N5O4. The third-order valence-electron chi connectivity index (χ3n) is 4.03. The average molecular weight is 438 g/mol. The van der Waals surface area contributed by atoms with Crippen molar-refractivity contribution in [2.24, 2.45) is 0 Å². The number of amides is 1. The molecule has 1 aromatic carbocycles. The second-order valence-electron chi connectivity index (χ2n) is 6.14. The van der Waals surface area contributed by atoms with E-state index in [2.05, 4.69) is 15.5 Å². The molecule has 0 aliphatic heterocycles. The van der Waals surface area contributed by atoms with Gasteiger partial charge in [0.1, 0.15) is 12.3 Å². The molecule has 0 bridgehead atoms. The summed E-state index contributed by atoms with van der Waals surface area (Å²) in [6.45, 7) is 3.29. The Morgan fingerprint density at radius 3 is 2.66 bits per heavy atom. The van der Waals surface area contributed by atoms with Crippen molar-refractivity contribution in [3.05, 3.63) is 57.6 Å². The van der Waals surface area contributed by atoms with Gasteiger partial charge in [-0.2, -0.15) is 10.2 Å². The topological polar surface area (TPSA) is 111 Å². The summed E-state index contributed by atoms with van der Waals surface area (Å²) in [6, 6.07) is 6.35. The van der Waals surface area contributed by atoms with Crippen molar-refractivity contribution in [2.75, 3.05) is 5.32 Å².